The van der Waals surface area contributed by atoms with E-state index in [4.69, 9.17) is 4.74 Å². The molecule has 1 heterocycles. The van der Waals surface area contributed by atoms with Crippen LogP contribution in [0.25, 0.3) is 10.9 Å². The molecule has 4 N–H and O–H groups in total. The number of hydrogen-bond donors (Lipinski definition) is 4. The van der Waals surface area contributed by atoms with Gasteiger partial charge < -0.3 is 25.5 Å². The number of rotatable bonds is 10. The number of aromatic nitrogens is 1. The van der Waals surface area contributed by atoms with E-state index < -0.39 is 30.1 Å². The number of carbonyl (C=O) groups excluding carboxylic acids is 2. The van der Waals surface area contributed by atoms with Crippen LogP contribution in [0.3, 0.4) is 0 Å². The number of aliphatic carboxylic acids is 1. The van der Waals surface area contributed by atoms with Crippen LogP contribution in [-0.2, 0) is 27.4 Å². The summed E-state index contributed by atoms with van der Waals surface area (Å²) >= 11 is 0. The van der Waals surface area contributed by atoms with E-state index in [0.29, 0.717) is 6.42 Å². The van der Waals surface area contributed by atoms with Gasteiger partial charge in [-0.25, -0.2) is 9.59 Å². The third-order valence-electron chi connectivity index (χ3n) is 5.24. The van der Waals surface area contributed by atoms with Gasteiger partial charge in [-0.05, 0) is 29.5 Å². The van der Waals surface area contributed by atoms with Crippen LogP contribution in [0.4, 0.5) is 4.79 Å². The molecule has 2 aromatic carbocycles. The van der Waals surface area contributed by atoms with E-state index in [9.17, 15) is 19.5 Å². The smallest absolute Gasteiger partial charge is 0.408 e. The fraction of sp³-hybridized carbons (Fsp3) is 0.320. The van der Waals surface area contributed by atoms with Crippen molar-refractivity contribution < 1.29 is 24.2 Å². The monoisotopic (exact) mass is 451 g/mol. The Labute approximate surface area is 192 Å². The van der Waals surface area contributed by atoms with Gasteiger partial charge in [0.05, 0.1) is 0 Å². The maximum atomic E-state index is 12.9. The standard InChI is InChI=1S/C25H29N3O5/c1-16(2)12-21(28-25(32)33-15-17-8-4-3-5-9-17)23(29)27-22(24(30)31)13-18-14-26-20-11-7-6-10-19(18)20/h3-11,14,16,21-22,26H,12-13,15H2,1-2H3,(H,27,29)(H,28,32)(H,30,31)/t21-,22?/m1/s1. The number of benzene rings is 2. The first kappa shape index (κ1) is 23.8. The second kappa shape index (κ2) is 11.2. The average molecular weight is 452 g/mol. The Bertz CT molecular complexity index is 1090. The van der Waals surface area contributed by atoms with Crippen molar-refractivity contribution in [1.29, 1.82) is 0 Å². The summed E-state index contributed by atoms with van der Waals surface area (Å²) in [6.07, 6.45) is 1.46. The Morgan fingerprint density at radius 2 is 1.67 bits per heavy atom. The minimum atomic E-state index is -1.15. The molecule has 174 valence electrons. The van der Waals surface area contributed by atoms with E-state index in [1.54, 1.807) is 6.20 Å². The van der Waals surface area contributed by atoms with Gasteiger partial charge in [0.15, 0.2) is 0 Å². The number of hydrogen-bond acceptors (Lipinski definition) is 4. The maximum absolute atomic E-state index is 12.9. The highest BCUT2D eigenvalue weighted by Gasteiger charge is 2.28. The lowest BCUT2D eigenvalue weighted by Crippen LogP contribution is -2.52. The van der Waals surface area contributed by atoms with Crippen LogP contribution >= 0.6 is 0 Å². The number of fused-ring (bicyclic) bond motifs is 1. The van der Waals surface area contributed by atoms with Crippen molar-refractivity contribution in [3.63, 3.8) is 0 Å². The van der Waals surface area contributed by atoms with Crippen LogP contribution < -0.4 is 10.6 Å². The molecular formula is C25H29N3O5. The summed E-state index contributed by atoms with van der Waals surface area (Å²) < 4.78 is 5.23. The Hall–Kier alpha value is -3.81. The molecule has 0 aliphatic rings. The summed E-state index contributed by atoms with van der Waals surface area (Å²) in [5.74, 6) is -1.62. The van der Waals surface area contributed by atoms with Crippen LogP contribution in [0, 0.1) is 5.92 Å². The van der Waals surface area contributed by atoms with Gasteiger partial charge in [0.2, 0.25) is 5.91 Å². The Balaban J connectivity index is 1.65. The SMILES string of the molecule is CC(C)C[C@@H](NC(=O)OCc1ccccc1)C(=O)NC(Cc1c[nH]c2ccccc12)C(=O)O. The van der Waals surface area contributed by atoms with E-state index in [1.807, 2.05) is 68.4 Å². The number of alkyl carbamates (subject to hydrolysis) is 1. The van der Waals surface area contributed by atoms with Crippen molar-refractivity contribution in [2.45, 2.75) is 45.4 Å². The lowest BCUT2D eigenvalue weighted by molar-refractivity contribution is -0.142. The van der Waals surface area contributed by atoms with E-state index in [-0.39, 0.29) is 18.9 Å². The van der Waals surface area contributed by atoms with Gasteiger partial charge in [0, 0.05) is 23.5 Å². The number of para-hydroxylation sites is 1. The molecule has 2 amide bonds. The second-order valence-electron chi connectivity index (χ2n) is 8.35. The van der Waals surface area contributed by atoms with Gasteiger partial charge in [-0.1, -0.05) is 62.4 Å². The van der Waals surface area contributed by atoms with E-state index in [0.717, 1.165) is 22.0 Å². The summed E-state index contributed by atoms with van der Waals surface area (Å²) in [4.78, 5) is 40.2. The molecule has 0 bridgehead atoms. The van der Waals surface area contributed by atoms with Crippen LogP contribution in [0.5, 0.6) is 0 Å². The fourth-order valence-electron chi connectivity index (χ4n) is 3.60. The van der Waals surface area contributed by atoms with Crippen molar-refractivity contribution in [3.8, 4) is 0 Å². The number of carbonyl (C=O) groups is 3. The third kappa shape index (κ3) is 6.83. The van der Waals surface area contributed by atoms with Crippen molar-refractivity contribution in [2.24, 2.45) is 5.92 Å². The molecular weight excluding hydrogens is 422 g/mol. The minimum Gasteiger partial charge on any atom is -0.480 e. The van der Waals surface area contributed by atoms with E-state index >= 15 is 0 Å². The number of amides is 2. The van der Waals surface area contributed by atoms with Crippen molar-refractivity contribution >= 4 is 28.9 Å². The number of nitrogens with one attached hydrogen (secondary N) is 3. The van der Waals surface area contributed by atoms with E-state index in [1.165, 1.54) is 0 Å². The number of carboxylic acids is 1. The highest BCUT2D eigenvalue weighted by Crippen LogP contribution is 2.19. The molecule has 0 spiro atoms. The molecule has 0 saturated carbocycles. The quantitative estimate of drug-likeness (QED) is 0.375. The lowest BCUT2D eigenvalue weighted by Gasteiger charge is -2.22. The highest BCUT2D eigenvalue weighted by atomic mass is 16.5. The normalized spacial score (nSPS) is 12.8. The predicted molar refractivity (Wildman–Crippen MR) is 125 cm³/mol. The summed E-state index contributed by atoms with van der Waals surface area (Å²) in [6, 6.07) is 14.7. The van der Waals surface area contributed by atoms with Crippen LogP contribution in [-0.4, -0.2) is 40.1 Å². The first-order chi connectivity index (χ1) is 15.8. The fourth-order valence-corrected chi connectivity index (χ4v) is 3.60. The molecule has 0 aliphatic heterocycles. The molecule has 2 atom stereocenters. The molecule has 0 saturated heterocycles. The van der Waals surface area contributed by atoms with Crippen molar-refractivity contribution in [3.05, 3.63) is 71.9 Å². The van der Waals surface area contributed by atoms with Gasteiger partial charge in [-0.2, -0.15) is 0 Å². The average Bonchev–Trinajstić information content (AvgIpc) is 3.20. The zero-order chi connectivity index (χ0) is 23.8. The first-order valence-corrected chi connectivity index (χ1v) is 10.9. The van der Waals surface area contributed by atoms with Crippen LogP contribution in [0.15, 0.2) is 60.8 Å². The number of H-pyrrole nitrogens is 1. The zero-order valence-corrected chi connectivity index (χ0v) is 18.7. The van der Waals surface area contributed by atoms with Crippen LogP contribution in [0.1, 0.15) is 31.4 Å². The highest BCUT2D eigenvalue weighted by molar-refractivity contribution is 5.90. The van der Waals surface area contributed by atoms with Gasteiger partial charge in [-0.3, -0.25) is 4.79 Å². The lowest BCUT2D eigenvalue weighted by atomic mass is 10.0. The molecule has 8 heteroatoms. The molecule has 0 radical (unpaired) electrons. The van der Waals surface area contributed by atoms with Crippen molar-refractivity contribution in [2.75, 3.05) is 0 Å². The van der Waals surface area contributed by atoms with Gasteiger partial charge in [-0.15, -0.1) is 0 Å². The number of carboxylic acid groups (broad SMARTS) is 1. The maximum Gasteiger partial charge on any atom is 0.408 e. The molecule has 3 rings (SSSR count). The number of ether oxygens (including phenoxy) is 1. The molecule has 1 unspecified atom stereocenters. The molecule has 33 heavy (non-hydrogen) atoms. The summed E-state index contributed by atoms with van der Waals surface area (Å²) in [5.41, 5.74) is 2.50. The van der Waals surface area contributed by atoms with Gasteiger partial charge >= 0.3 is 12.1 Å². The molecule has 0 aliphatic carbocycles. The molecule has 0 fully saturated rings. The third-order valence-corrected chi connectivity index (χ3v) is 5.24. The van der Waals surface area contributed by atoms with Gasteiger partial charge in [0.1, 0.15) is 18.7 Å². The summed E-state index contributed by atoms with van der Waals surface area (Å²) in [7, 11) is 0. The number of aromatic amines is 1. The summed E-state index contributed by atoms with van der Waals surface area (Å²) in [5, 5.41) is 15.8. The molecule has 3 aromatic rings. The zero-order valence-electron chi connectivity index (χ0n) is 18.7. The summed E-state index contributed by atoms with van der Waals surface area (Å²) in [6.45, 7) is 3.90. The first-order valence-electron chi connectivity index (χ1n) is 10.9. The van der Waals surface area contributed by atoms with E-state index in [2.05, 4.69) is 15.6 Å². The topological polar surface area (TPSA) is 121 Å². The molecule has 8 nitrogen and oxygen atoms in total. The van der Waals surface area contributed by atoms with Crippen LogP contribution in [0.2, 0.25) is 0 Å². The van der Waals surface area contributed by atoms with Gasteiger partial charge in [0.25, 0.3) is 0 Å². The Morgan fingerprint density at radius 3 is 2.36 bits per heavy atom. The minimum absolute atomic E-state index is 0.0704. The largest absolute Gasteiger partial charge is 0.480 e. The predicted octanol–water partition coefficient (Wildman–Crippen LogP) is 3.62. The van der Waals surface area contributed by atoms with Crippen molar-refractivity contribution in [1.82, 2.24) is 15.6 Å². The Kier molecular flexibility index (Phi) is 8.07. The second-order valence-corrected chi connectivity index (χ2v) is 8.35. The Morgan fingerprint density at radius 1 is 0.970 bits per heavy atom. The molecule has 1 aromatic heterocycles.